The number of amides is 2. The second-order valence-electron chi connectivity index (χ2n) is 8.63. The van der Waals surface area contributed by atoms with Gasteiger partial charge in [-0.25, -0.2) is 0 Å². The molecule has 2 heterocycles. The zero-order valence-corrected chi connectivity index (χ0v) is 17.9. The minimum absolute atomic E-state index is 0.253. The Hall–Kier alpha value is -3.19. The topological polar surface area (TPSA) is 99.2 Å². The number of rotatable bonds is 6. The second kappa shape index (κ2) is 8.51. The highest BCUT2D eigenvalue weighted by Crippen LogP contribution is 2.25. The summed E-state index contributed by atoms with van der Waals surface area (Å²) in [5.74, 6) is -0.265. The van der Waals surface area contributed by atoms with Crippen molar-refractivity contribution in [1.29, 1.82) is 0 Å². The highest BCUT2D eigenvalue weighted by Gasteiger charge is 2.27. The summed E-state index contributed by atoms with van der Waals surface area (Å²) >= 11 is 0. The van der Waals surface area contributed by atoms with Gasteiger partial charge in [-0.15, -0.1) is 0 Å². The lowest BCUT2D eigenvalue weighted by atomic mass is 9.92. The van der Waals surface area contributed by atoms with Crippen molar-refractivity contribution in [2.45, 2.75) is 38.8 Å². The zero-order chi connectivity index (χ0) is 22.0. The molecule has 162 valence electrons. The van der Waals surface area contributed by atoms with Crippen LogP contribution in [0.3, 0.4) is 0 Å². The number of nitrogens with zero attached hydrogens (tertiary/aromatic N) is 2. The van der Waals surface area contributed by atoms with Gasteiger partial charge in [0.1, 0.15) is 0 Å². The predicted molar refractivity (Wildman–Crippen MR) is 119 cm³/mol. The van der Waals surface area contributed by atoms with E-state index in [1.807, 2.05) is 48.9 Å². The quantitative estimate of drug-likeness (QED) is 0.639. The maximum atomic E-state index is 13.3. The number of hydrogen-bond donors (Lipinski definition) is 2. The number of primary amides is 1. The Morgan fingerprint density at radius 2 is 1.90 bits per heavy atom. The number of hydrogen-bond acceptors (Lipinski definition) is 4. The SMILES string of the molecule is CC(C)(NC(=O)c1nn(CC2CCOCC2)c2ccccc12)c1cccc(C(N)=O)c1. The van der Waals surface area contributed by atoms with Crippen molar-refractivity contribution < 1.29 is 14.3 Å². The van der Waals surface area contributed by atoms with Gasteiger partial charge in [-0.05, 0) is 56.4 Å². The van der Waals surface area contributed by atoms with E-state index >= 15 is 0 Å². The van der Waals surface area contributed by atoms with Crippen molar-refractivity contribution >= 4 is 22.7 Å². The van der Waals surface area contributed by atoms with E-state index < -0.39 is 11.4 Å². The minimum Gasteiger partial charge on any atom is -0.381 e. The third-order valence-electron chi connectivity index (χ3n) is 5.94. The predicted octanol–water partition coefficient (Wildman–Crippen LogP) is 3.23. The van der Waals surface area contributed by atoms with E-state index in [9.17, 15) is 9.59 Å². The largest absolute Gasteiger partial charge is 0.381 e. The van der Waals surface area contributed by atoms with Crippen LogP contribution < -0.4 is 11.1 Å². The molecule has 1 fully saturated rings. The van der Waals surface area contributed by atoms with Gasteiger partial charge in [0.25, 0.3) is 5.91 Å². The summed E-state index contributed by atoms with van der Waals surface area (Å²) in [5, 5.41) is 8.60. The van der Waals surface area contributed by atoms with Gasteiger partial charge in [0.05, 0.1) is 11.1 Å². The standard InChI is InChI=1S/C24H28N4O3/c1-24(2,18-7-5-6-17(14-18)22(25)29)26-23(30)21-19-8-3-4-9-20(19)28(27-21)15-16-10-12-31-13-11-16/h3-9,14,16H,10-13,15H2,1-2H3,(H2,25,29)(H,26,30). The van der Waals surface area contributed by atoms with Gasteiger partial charge in [-0.2, -0.15) is 5.10 Å². The Bertz CT molecular complexity index is 1110. The summed E-state index contributed by atoms with van der Waals surface area (Å²) in [6.07, 6.45) is 2.00. The molecule has 0 aliphatic carbocycles. The highest BCUT2D eigenvalue weighted by atomic mass is 16.5. The fourth-order valence-electron chi connectivity index (χ4n) is 4.08. The number of nitrogens with one attached hydrogen (secondary N) is 1. The van der Waals surface area contributed by atoms with Crippen LogP contribution in [0.1, 0.15) is 53.1 Å². The van der Waals surface area contributed by atoms with Gasteiger partial charge in [-0.1, -0.05) is 30.3 Å². The van der Waals surface area contributed by atoms with Crippen molar-refractivity contribution in [2.24, 2.45) is 11.7 Å². The van der Waals surface area contributed by atoms with E-state index in [1.165, 1.54) is 0 Å². The van der Waals surface area contributed by atoms with Crippen LogP contribution in [0.15, 0.2) is 48.5 Å². The van der Waals surface area contributed by atoms with Crippen molar-refractivity contribution in [3.8, 4) is 0 Å². The van der Waals surface area contributed by atoms with E-state index in [1.54, 1.807) is 18.2 Å². The summed E-state index contributed by atoms with van der Waals surface area (Å²) in [4.78, 5) is 24.8. The average molecular weight is 421 g/mol. The molecule has 0 radical (unpaired) electrons. The molecule has 7 nitrogen and oxygen atoms in total. The van der Waals surface area contributed by atoms with Crippen molar-refractivity contribution in [1.82, 2.24) is 15.1 Å². The van der Waals surface area contributed by atoms with Crippen LogP contribution in [0.4, 0.5) is 0 Å². The van der Waals surface area contributed by atoms with Gasteiger partial charge in [0, 0.05) is 30.7 Å². The molecule has 1 saturated heterocycles. The Kier molecular flexibility index (Phi) is 5.78. The second-order valence-corrected chi connectivity index (χ2v) is 8.63. The Balaban J connectivity index is 1.61. The lowest BCUT2D eigenvalue weighted by molar-refractivity contribution is 0.0604. The fourth-order valence-corrected chi connectivity index (χ4v) is 4.08. The summed E-state index contributed by atoms with van der Waals surface area (Å²) in [5.41, 5.74) is 7.26. The number of aromatic nitrogens is 2. The van der Waals surface area contributed by atoms with E-state index in [4.69, 9.17) is 15.6 Å². The van der Waals surface area contributed by atoms with Gasteiger partial charge in [0.2, 0.25) is 5.91 Å². The lowest BCUT2D eigenvalue weighted by Crippen LogP contribution is -2.41. The summed E-state index contributed by atoms with van der Waals surface area (Å²) in [7, 11) is 0. The smallest absolute Gasteiger partial charge is 0.273 e. The molecule has 3 N–H and O–H groups in total. The third-order valence-corrected chi connectivity index (χ3v) is 5.94. The Morgan fingerprint density at radius 3 is 2.65 bits per heavy atom. The van der Waals surface area contributed by atoms with Crippen LogP contribution in [-0.2, 0) is 16.8 Å². The number of para-hydroxylation sites is 1. The maximum Gasteiger partial charge on any atom is 0.273 e. The molecule has 2 amide bonds. The fraction of sp³-hybridized carbons (Fsp3) is 0.375. The van der Waals surface area contributed by atoms with Crippen LogP contribution in [0, 0.1) is 5.92 Å². The molecule has 0 spiro atoms. The number of carbonyl (C=O) groups excluding carboxylic acids is 2. The first-order valence-corrected chi connectivity index (χ1v) is 10.6. The van der Waals surface area contributed by atoms with Crippen LogP contribution in [-0.4, -0.2) is 34.8 Å². The molecule has 0 saturated carbocycles. The first-order chi connectivity index (χ1) is 14.8. The molecule has 7 heteroatoms. The van der Waals surface area contributed by atoms with Crippen LogP contribution >= 0.6 is 0 Å². The van der Waals surface area contributed by atoms with Gasteiger partial charge in [0.15, 0.2) is 5.69 Å². The van der Waals surface area contributed by atoms with Gasteiger partial charge in [-0.3, -0.25) is 14.3 Å². The summed E-state index contributed by atoms with van der Waals surface area (Å²) < 4.78 is 7.41. The molecular weight excluding hydrogens is 392 g/mol. The number of fused-ring (bicyclic) bond motifs is 1. The Labute approximate surface area is 181 Å². The first kappa shape index (κ1) is 21.1. The average Bonchev–Trinajstić information content (AvgIpc) is 3.13. The van der Waals surface area contributed by atoms with Crippen LogP contribution in [0.2, 0.25) is 0 Å². The summed E-state index contributed by atoms with van der Waals surface area (Å²) in [6.45, 7) is 6.10. The number of benzene rings is 2. The minimum atomic E-state index is -0.714. The lowest BCUT2D eigenvalue weighted by Gasteiger charge is -2.27. The monoisotopic (exact) mass is 420 g/mol. The maximum absolute atomic E-state index is 13.3. The van der Waals surface area contributed by atoms with Crippen molar-refractivity contribution in [2.75, 3.05) is 13.2 Å². The molecule has 1 aliphatic rings. The van der Waals surface area contributed by atoms with Crippen molar-refractivity contribution in [3.05, 3.63) is 65.4 Å². The Morgan fingerprint density at radius 1 is 1.16 bits per heavy atom. The molecule has 1 aromatic heterocycles. The van der Waals surface area contributed by atoms with Gasteiger partial charge < -0.3 is 15.8 Å². The van der Waals surface area contributed by atoms with E-state index in [2.05, 4.69) is 5.32 Å². The molecule has 3 aromatic rings. The zero-order valence-electron chi connectivity index (χ0n) is 17.9. The molecule has 0 atom stereocenters. The molecular formula is C24H28N4O3. The number of ether oxygens (including phenoxy) is 1. The molecule has 4 rings (SSSR count). The highest BCUT2D eigenvalue weighted by molar-refractivity contribution is 6.05. The van der Waals surface area contributed by atoms with E-state index in [-0.39, 0.29) is 5.91 Å². The van der Waals surface area contributed by atoms with Crippen molar-refractivity contribution in [3.63, 3.8) is 0 Å². The number of nitrogens with two attached hydrogens (primary N) is 1. The van der Waals surface area contributed by atoms with E-state index in [0.29, 0.717) is 17.2 Å². The van der Waals surface area contributed by atoms with Gasteiger partial charge >= 0.3 is 0 Å². The molecule has 31 heavy (non-hydrogen) atoms. The number of carbonyl (C=O) groups is 2. The normalized spacial score (nSPS) is 15.2. The van der Waals surface area contributed by atoms with Crippen LogP contribution in [0.5, 0.6) is 0 Å². The summed E-state index contributed by atoms with van der Waals surface area (Å²) in [6, 6.07) is 14.8. The molecule has 2 aromatic carbocycles. The van der Waals surface area contributed by atoms with E-state index in [0.717, 1.165) is 49.1 Å². The molecule has 0 unspecified atom stereocenters. The van der Waals surface area contributed by atoms with Crippen LogP contribution in [0.25, 0.3) is 10.9 Å². The first-order valence-electron chi connectivity index (χ1n) is 10.6. The molecule has 0 bridgehead atoms. The molecule has 1 aliphatic heterocycles. The third kappa shape index (κ3) is 4.46.